The molecule has 4 nitrogen and oxygen atoms in total. The Labute approximate surface area is 131 Å². The number of ether oxygens (including phenoxy) is 1. The number of rotatable bonds is 5. The summed E-state index contributed by atoms with van der Waals surface area (Å²) in [7, 11) is 0. The van der Waals surface area contributed by atoms with Crippen LogP contribution in [0.15, 0.2) is 18.2 Å². The molecular weight excluding hydrogens is 285 g/mol. The zero-order valence-corrected chi connectivity index (χ0v) is 13.8. The lowest BCUT2D eigenvalue weighted by molar-refractivity contribution is 0.0488. The second kappa shape index (κ2) is 7.38. The maximum Gasteiger partial charge on any atom is 0.408 e. The highest BCUT2D eigenvalue weighted by atomic mass is 19.1. The van der Waals surface area contributed by atoms with Crippen LogP contribution in [0.1, 0.15) is 56.5 Å². The fourth-order valence-corrected chi connectivity index (χ4v) is 2.07. The average Bonchev–Trinajstić information content (AvgIpc) is 2.38. The van der Waals surface area contributed by atoms with Crippen LogP contribution in [0.25, 0.3) is 0 Å². The summed E-state index contributed by atoms with van der Waals surface area (Å²) in [5.74, 6) is -0.733. The number of halogens is 1. The lowest BCUT2D eigenvalue weighted by atomic mass is 9.96. The Morgan fingerprint density at radius 1 is 1.32 bits per heavy atom. The minimum atomic E-state index is -0.722. The van der Waals surface area contributed by atoms with Gasteiger partial charge in [0.25, 0.3) is 0 Å². The number of hydrogen-bond acceptors (Lipinski definition) is 3. The standard InChI is InChI=1S/C17H24FNO3/c1-6-8-14(19-16(21)22-17(3,4)5)15(20)12-9-7-10-13(18)11(12)2/h7,9-10,14H,6,8H2,1-5H3,(H,19,21). The van der Waals surface area contributed by atoms with Crippen LogP contribution in [0.3, 0.4) is 0 Å². The van der Waals surface area contributed by atoms with E-state index in [1.54, 1.807) is 33.8 Å². The van der Waals surface area contributed by atoms with Crippen molar-refractivity contribution in [3.05, 3.63) is 35.1 Å². The molecule has 0 fully saturated rings. The van der Waals surface area contributed by atoms with E-state index in [4.69, 9.17) is 4.74 Å². The molecule has 5 heteroatoms. The zero-order chi connectivity index (χ0) is 16.9. The molecule has 0 bridgehead atoms. The van der Waals surface area contributed by atoms with Crippen molar-refractivity contribution in [2.24, 2.45) is 0 Å². The van der Waals surface area contributed by atoms with Crippen molar-refractivity contribution in [3.8, 4) is 0 Å². The van der Waals surface area contributed by atoms with Crippen molar-refractivity contribution in [1.82, 2.24) is 5.32 Å². The number of carbonyl (C=O) groups is 2. The van der Waals surface area contributed by atoms with Gasteiger partial charge in [-0.1, -0.05) is 25.5 Å². The summed E-state index contributed by atoms with van der Waals surface area (Å²) in [6, 6.07) is 3.65. The molecule has 0 spiro atoms. The molecule has 22 heavy (non-hydrogen) atoms. The Morgan fingerprint density at radius 3 is 2.50 bits per heavy atom. The Hall–Kier alpha value is -1.91. The van der Waals surface area contributed by atoms with E-state index in [0.29, 0.717) is 18.4 Å². The van der Waals surface area contributed by atoms with Crippen molar-refractivity contribution < 1.29 is 18.7 Å². The molecule has 122 valence electrons. The van der Waals surface area contributed by atoms with Crippen LogP contribution in [-0.4, -0.2) is 23.5 Å². The van der Waals surface area contributed by atoms with Crippen LogP contribution in [-0.2, 0) is 4.74 Å². The van der Waals surface area contributed by atoms with E-state index in [2.05, 4.69) is 5.32 Å². The third-order valence-electron chi connectivity index (χ3n) is 3.12. The molecule has 0 radical (unpaired) electrons. The highest BCUT2D eigenvalue weighted by Gasteiger charge is 2.26. The van der Waals surface area contributed by atoms with Gasteiger partial charge in [0.1, 0.15) is 11.4 Å². The van der Waals surface area contributed by atoms with Gasteiger partial charge in [0.05, 0.1) is 6.04 Å². The third kappa shape index (κ3) is 5.13. The maximum atomic E-state index is 13.6. The number of amides is 1. The van der Waals surface area contributed by atoms with Crippen LogP contribution < -0.4 is 5.32 Å². The molecule has 1 rings (SSSR count). The predicted octanol–water partition coefficient (Wildman–Crippen LogP) is 4.01. The first-order chi connectivity index (χ1) is 10.2. The summed E-state index contributed by atoms with van der Waals surface area (Å²) in [6.45, 7) is 8.72. The summed E-state index contributed by atoms with van der Waals surface area (Å²) in [5.41, 5.74) is -0.0623. The van der Waals surface area contributed by atoms with Crippen LogP contribution in [0.4, 0.5) is 9.18 Å². The van der Waals surface area contributed by atoms with Gasteiger partial charge in [-0.15, -0.1) is 0 Å². The van der Waals surface area contributed by atoms with E-state index < -0.39 is 23.6 Å². The molecule has 1 N–H and O–H groups in total. The summed E-state index contributed by atoms with van der Waals surface area (Å²) in [4.78, 5) is 24.4. The molecule has 1 aromatic rings. The monoisotopic (exact) mass is 309 g/mol. The van der Waals surface area contributed by atoms with Crippen LogP contribution in [0.2, 0.25) is 0 Å². The zero-order valence-electron chi connectivity index (χ0n) is 13.8. The summed E-state index contributed by atoms with van der Waals surface area (Å²) in [6.07, 6.45) is 0.530. The second-order valence-electron chi connectivity index (χ2n) is 6.26. The van der Waals surface area contributed by atoms with Crippen LogP contribution in [0, 0.1) is 12.7 Å². The van der Waals surface area contributed by atoms with Gasteiger partial charge >= 0.3 is 6.09 Å². The highest BCUT2D eigenvalue weighted by Crippen LogP contribution is 2.16. The number of alkyl carbamates (subject to hydrolysis) is 1. The van der Waals surface area contributed by atoms with Crippen LogP contribution in [0.5, 0.6) is 0 Å². The number of nitrogens with one attached hydrogen (secondary N) is 1. The van der Waals surface area contributed by atoms with Gasteiger partial charge in [-0.05, 0) is 45.7 Å². The van der Waals surface area contributed by atoms with Gasteiger partial charge in [0.2, 0.25) is 0 Å². The van der Waals surface area contributed by atoms with E-state index in [1.165, 1.54) is 12.1 Å². The summed E-state index contributed by atoms with van der Waals surface area (Å²) in [5, 5.41) is 2.59. The van der Waals surface area contributed by atoms with E-state index in [0.717, 1.165) is 0 Å². The molecule has 0 aliphatic carbocycles. The topological polar surface area (TPSA) is 55.4 Å². The fraction of sp³-hybridized carbons (Fsp3) is 0.529. The third-order valence-corrected chi connectivity index (χ3v) is 3.12. The molecule has 0 aliphatic rings. The van der Waals surface area contributed by atoms with Crippen molar-refractivity contribution in [2.45, 2.75) is 59.1 Å². The summed E-state index contributed by atoms with van der Waals surface area (Å²) < 4.78 is 18.8. The first-order valence-corrected chi connectivity index (χ1v) is 7.44. The normalized spacial score (nSPS) is 12.6. The van der Waals surface area contributed by atoms with E-state index in [9.17, 15) is 14.0 Å². The first-order valence-electron chi connectivity index (χ1n) is 7.44. The van der Waals surface area contributed by atoms with E-state index in [1.807, 2.05) is 6.92 Å². The van der Waals surface area contributed by atoms with Gasteiger partial charge in [-0.25, -0.2) is 9.18 Å². The lowest BCUT2D eigenvalue weighted by Gasteiger charge is -2.23. The van der Waals surface area contributed by atoms with Crippen molar-refractivity contribution >= 4 is 11.9 Å². The fourth-order valence-electron chi connectivity index (χ4n) is 2.07. The quantitative estimate of drug-likeness (QED) is 0.836. The van der Waals surface area contributed by atoms with Gasteiger partial charge in [0.15, 0.2) is 5.78 Å². The van der Waals surface area contributed by atoms with Crippen molar-refractivity contribution in [1.29, 1.82) is 0 Å². The molecule has 0 saturated carbocycles. The Morgan fingerprint density at radius 2 is 1.95 bits per heavy atom. The molecule has 1 atom stereocenters. The molecule has 1 amide bonds. The predicted molar refractivity (Wildman–Crippen MR) is 83.5 cm³/mol. The van der Waals surface area contributed by atoms with Gasteiger partial charge < -0.3 is 10.1 Å². The number of carbonyl (C=O) groups excluding carboxylic acids is 2. The smallest absolute Gasteiger partial charge is 0.408 e. The molecule has 1 aromatic carbocycles. The molecule has 0 aromatic heterocycles. The van der Waals surface area contributed by atoms with Gasteiger partial charge in [-0.3, -0.25) is 4.79 Å². The average molecular weight is 309 g/mol. The Bertz CT molecular complexity index is 549. The highest BCUT2D eigenvalue weighted by molar-refractivity contribution is 6.02. The second-order valence-corrected chi connectivity index (χ2v) is 6.26. The SMILES string of the molecule is CCCC(NC(=O)OC(C)(C)C)C(=O)c1cccc(F)c1C. The molecule has 1 unspecified atom stereocenters. The summed E-state index contributed by atoms with van der Waals surface area (Å²) >= 11 is 0. The number of Topliss-reactive ketones (excluding diaryl/α,β-unsaturated/α-hetero) is 1. The lowest BCUT2D eigenvalue weighted by Crippen LogP contribution is -2.43. The maximum absolute atomic E-state index is 13.6. The number of benzene rings is 1. The Kier molecular flexibility index (Phi) is 6.09. The van der Waals surface area contributed by atoms with Gasteiger partial charge in [0, 0.05) is 5.56 Å². The molecule has 0 saturated heterocycles. The van der Waals surface area contributed by atoms with E-state index in [-0.39, 0.29) is 11.3 Å². The minimum absolute atomic E-state index is 0.287. The minimum Gasteiger partial charge on any atom is -0.444 e. The largest absolute Gasteiger partial charge is 0.444 e. The molecule has 0 aliphatic heterocycles. The first kappa shape index (κ1) is 18.1. The van der Waals surface area contributed by atoms with E-state index >= 15 is 0 Å². The molecular formula is C17H24FNO3. The molecule has 0 heterocycles. The Balaban J connectivity index is 2.93. The van der Waals surface area contributed by atoms with Crippen LogP contribution >= 0.6 is 0 Å². The number of ketones is 1. The van der Waals surface area contributed by atoms with Gasteiger partial charge in [-0.2, -0.15) is 0 Å². The van der Waals surface area contributed by atoms with Crippen molar-refractivity contribution in [3.63, 3.8) is 0 Å². The number of hydrogen-bond donors (Lipinski definition) is 1. The van der Waals surface area contributed by atoms with Crippen molar-refractivity contribution in [2.75, 3.05) is 0 Å².